The van der Waals surface area contributed by atoms with Crippen molar-refractivity contribution in [2.24, 2.45) is 23.2 Å². The molecule has 11 heteroatoms. The van der Waals surface area contributed by atoms with Gasteiger partial charge in [0.05, 0.1) is 6.10 Å². The van der Waals surface area contributed by atoms with E-state index in [4.69, 9.17) is 0 Å². The van der Waals surface area contributed by atoms with Gasteiger partial charge in [-0.3, -0.25) is 0 Å². The second kappa shape index (κ2) is 13.1. The van der Waals surface area contributed by atoms with Crippen molar-refractivity contribution in [3.05, 3.63) is 41.5 Å². The first kappa shape index (κ1) is 34.4. The Morgan fingerprint density at radius 2 is 1.63 bits per heavy atom. The minimum Gasteiger partial charge on any atom is -0.616 e. The zero-order valence-electron chi connectivity index (χ0n) is 24.6. The fourth-order valence-electron chi connectivity index (χ4n) is 8.11. The predicted octanol–water partition coefficient (Wildman–Crippen LogP) is 8.70. The van der Waals surface area contributed by atoms with Crippen LogP contribution in [0.15, 0.2) is 30.4 Å². The Bertz CT molecular complexity index is 1130. The van der Waals surface area contributed by atoms with Gasteiger partial charge in [0, 0.05) is 0 Å². The monoisotopic (exact) mass is 640 g/mol. The van der Waals surface area contributed by atoms with Gasteiger partial charge in [-0.1, -0.05) is 51.7 Å². The lowest BCUT2D eigenvalue weighted by atomic mass is 9.52. The van der Waals surface area contributed by atoms with Crippen LogP contribution in [-0.4, -0.2) is 50.4 Å². The number of halogens is 7. The van der Waals surface area contributed by atoms with Gasteiger partial charge in [0.1, 0.15) is 11.5 Å². The van der Waals surface area contributed by atoms with Crippen molar-refractivity contribution in [2.75, 3.05) is 11.5 Å². The van der Waals surface area contributed by atoms with Gasteiger partial charge >= 0.3 is 18.0 Å². The van der Waals surface area contributed by atoms with Crippen LogP contribution < -0.4 is 0 Å². The Hall–Kier alpha value is -1.46. The third kappa shape index (κ3) is 7.03. The lowest BCUT2D eigenvalue weighted by molar-refractivity contribution is -0.348. The predicted molar refractivity (Wildman–Crippen MR) is 153 cm³/mol. The number of hydrogen-bond acceptors (Lipinski definition) is 3. The van der Waals surface area contributed by atoms with E-state index in [1.54, 1.807) is 6.07 Å². The minimum atomic E-state index is -6.40. The molecule has 244 valence electrons. The maximum absolute atomic E-state index is 13.4. The molecule has 4 unspecified atom stereocenters. The van der Waals surface area contributed by atoms with Gasteiger partial charge in [0.2, 0.25) is 0 Å². The molecule has 7 atom stereocenters. The molecule has 0 amide bonds. The summed E-state index contributed by atoms with van der Waals surface area (Å²) in [5.41, 5.74) is 3.44. The van der Waals surface area contributed by atoms with Crippen molar-refractivity contribution in [1.82, 2.24) is 0 Å². The molecule has 2 saturated carbocycles. The van der Waals surface area contributed by atoms with Gasteiger partial charge in [-0.2, -0.15) is 30.7 Å². The van der Waals surface area contributed by atoms with E-state index in [0.717, 1.165) is 69.8 Å². The highest BCUT2D eigenvalue weighted by Gasteiger charge is 2.74. The zero-order valence-corrected chi connectivity index (χ0v) is 25.4. The van der Waals surface area contributed by atoms with E-state index >= 15 is 0 Å². The second-order valence-electron chi connectivity index (χ2n) is 13.2. The minimum absolute atomic E-state index is 0.0635. The average molecular weight is 641 g/mol. The normalized spacial score (nSPS) is 30.1. The van der Waals surface area contributed by atoms with Gasteiger partial charge in [-0.25, -0.2) is 0 Å². The molecular weight excluding hydrogens is 597 g/mol. The van der Waals surface area contributed by atoms with Gasteiger partial charge in [0.15, 0.2) is 5.75 Å². The standard InChI is InChI=1S/C32H43F7O3S/c1-20-27(41)18-26-28-21(16-22-17-23(40)11-12-24(22)25(28)13-14-29(20,26)2)10-8-6-4-3-5-7-9-15-43(42)19-30(33,34)31(35,36)32(37,38)39/h11-12,17,21,25-28,40-41H,1,3-10,13-16,18-19H2,2H3/t21-,25?,26?,27-,28?,29-,43?/m1/s1. The highest BCUT2D eigenvalue weighted by molar-refractivity contribution is 7.91. The number of phenolic OH excluding ortho intramolecular Hbond substituents is 1. The smallest absolute Gasteiger partial charge is 0.460 e. The maximum atomic E-state index is 13.4. The molecule has 0 saturated heterocycles. The van der Waals surface area contributed by atoms with E-state index in [1.807, 2.05) is 6.07 Å². The third-order valence-corrected chi connectivity index (χ3v) is 11.9. The number of fused-ring (bicyclic) bond motifs is 5. The van der Waals surface area contributed by atoms with Gasteiger partial charge in [-0.15, -0.1) is 0 Å². The van der Waals surface area contributed by atoms with Crippen molar-refractivity contribution >= 4 is 11.2 Å². The van der Waals surface area contributed by atoms with Crippen molar-refractivity contribution in [1.29, 1.82) is 0 Å². The lowest BCUT2D eigenvalue weighted by Crippen LogP contribution is -2.55. The molecule has 0 aliphatic heterocycles. The molecule has 1 aromatic rings. The van der Waals surface area contributed by atoms with Crippen LogP contribution in [0, 0.1) is 23.2 Å². The molecule has 43 heavy (non-hydrogen) atoms. The number of unbranched alkanes of at least 4 members (excludes halogenated alkanes) is 6. The van der Waals surface area contributed by atoms with E-state index < -0.39 is 41.1 Å². The van der Waals surface area contributed by atoms with Crippen LogP contribution in [0.5, 0.6) is 5.75 Å². The third-order valence-electron chi connectivity index (χ3n) is 10.5. The van der Waals surface area contributed by atoms with Crippen molar-refractivity contribution < 1.29 is 45.5 Å². The number of benzene rings is 1. The number of aliphatic hydroxyl groups excluding tert-OH is 1. The summed E-state index contributed by atoms with van der Waals surface area (Å²) in [6.07, 6.45) is 3.10. The molecule has 2 N–H and O–H groups in total. The molecule has 0 spiro atoms. The molecule has 1 aromatic carbocycles. The highest BCUT2D eigenvalue weighted by Crippen LogP contribution is 2.64. The molecule has 3 nitrogen and oxygen atoms in total. The highest BCUT2D eigenvalue weighted by atomic mass is 32.2. The van der Waals surface area contributed by atoms with E-state index in [-0.39, 0.29) is 23.3 Å². The van der Waals surface area contributed by atoms with Crippen LogP contribution in [0.4, 0.5) is 30.7 Å². The molecule has 3 aliphatic rings. The Morgan fingerprint density at radius 1 is 1.00 bits per heavy atom. The summed E-state index contributed by atoms with van der Waals surface area (Å²) >= 11 is -2.48. The SMILES string of the molecule is C=C1[C@H](O)CC2C3C(CC[C@]12C)c1ccc(O)cc1C[C@H]3CCCCCCCCC[S+]([O-])CC(F)(F)C(F)(F)C(F)(F)F. The van der Waals surface area contributed by atoms with Crippen LogP contribution in [-0.2, 0) is 17.6 Å². The Balaban J connectivity index is 1.21. The molecule has 3 aliphatic carbocycles. The van der Waals surface area contributed by atoms with Crippen LogP contribution >= 0.6 is 0 Å². The topological polar surface area (TPSA) is 63.5 Å². The quantitative estimate of drug-likeness (QED) is 0.0982. The van der Waals surface area contributed by atoms with Crippen molar-refractivity contribution in [3.63, 3.8) is 0 Å². The summed E-state index contributed by atoms with van der Waals surface area (Å²) in [6, 6.07) is 5.73. The number of rotatable bonds is 13. The lowest BCUT2D eigenvalue weighted by Gasteiger charge is -2.52. The van der Waals surface area contributed by atoms with Crippen molar-refractivity contribution in [2.45, 2.75) is 114 Å². The molecule has 4 rings (SSSR count). The summed E-state index contributed by atoms with van der Waals surface area (Å²) in [5, 5.41) is 20.9. The first-order chi connectivity index (χ1) is 20.0. The van der Waals surface area contributed by atoms with Gasteiger partial charge < -0.3 is 14.8 Å². The fraction of sp³-hybridized carbons (Fsp3) is 0.750. The van der Waals surface area contributed by atoms with Gasteiger partial charge in [-0.05, 0) is 114 Å². The Kier molecular flexibility index (Phi) is 10.5. The molecule has 0 radical (unpaired) electrons. The van der Waals surface area contributed by atoms with Crippen molar-refractivity contribution in [3.8, 4) is 5.75 Å². The first-order valence-corrected chi connectivity index (χ1v) is 16.8. The van der Waals surface area contributed by atoms with Crippen LogP contribution in [0.2, 0.25) is 0 Å². The van der Waals surface area contributed by atoms with E-state index in [1.165, 1.54) is 11.1 Å². The summed E-state index contributed by atoms with van der Waals surface area (Å²) < 4.78 is 101. The van der Waals surface area contributed by atoms with Crippen LogP contribution in [0.25, 0.3) is 0 Å². The van der Waals surface area contributed by atoms with E-state index in [0.29, 0.717) is 30.1 Å². The van der Waals surface area contributed by atoms with Crippen LogP contribution in [0.1, 0.15) is 94.6 Å². The number of aromatic hydroxyl groups is 1. The molecule has 0 bridgehead atoms. The molecule has 2 fully saturated rings. The summed E-state index contributed by atoms with van der Waals surface area (Å²) in [4.78, 5) is 0. The molecular formula is C32H43F7O3S. The fourth-order valence-corrected chi connectivity index (χ4v) is 9.36. The number of alkyl halides is 7. The second-order valence-corrected chi connectivity index (χ2v) is 14.8. The molecule has 0 heterocycles. The Labute approximate surface area is 252 Å². The van der Waals surface area contributed by atoms with E-state index in [2.05, 4.69) is 19.6 Å². The molecule has 0 aromatic heterocycles. The summed E-state index contributed by atoms with van der Waals surface area (Å²) in [5.74, 6) is -12.1. The van der Waals surface area contributed by atoms with Gasteiger partial charge in [0.25, 0.3) is 0 Å². The average Bonchev–Trinajstić information content (AvgIpc) is 3.14. The summed E-state index contributed by atoms with van der Waals surface area (Å²) in [7, 11) is 0. The Morgan fingerprint density at radius 3 is 2.28 bits per heavy atom. The van der Waals surface area contributed by atoms with E-state index in [9.17, 15) is 45.5 Å². The first-order valence-electron chi connectivity index (χ1n) is 15.4. The maximum Gasteiger partial charge on any atom is 0.460 e. The number of aliphatic hydroxyl groups is 1. The number of phenols is 1. The zero-order chi connectivity index (χ0) is 31.8. The van der Waals surface area contributed by atoms with Crippen LogP contribution in [0.3, 0.4) is 0 Å². The summed E-state index contributed by atoms with van der Waals surface area (Å²) in [6.45, 7) is 6.52. The number of hydrogen-bond donors (Lipinski definition) is 2. The largest absolute Gasteiger partial charge is 0.616 e.